The maximum atomic E-state index is 11.9. The number of nitrogens with one attached hydrogen (secondary N) is 1. The summed E-state index contributed by atoms with van der Waals surface area (Å²) in [5, 5.41) is 3.40. The molecule has 1 aliphatic carbocycles. The van der Waals surface area contributed by atoms with Crippen LogP contribution in [-0.4, -0.2) is 45.6 Å². The number of carbonyl (C=O) groups is 1. The summed E-state index contributed by atoms with van der Waals surface area (Å²) in [7, 11) is -1.48. The van der Waals surface area contributed by atoms with Crippen molar-refractivity contribution in [1.29, 1.82) is 0 Å². The van der Waals surface area contributed by atoms with Gasteiger partial charge in [-0.15, -0.1) is 0 Å². The van der Waals surface area contributed by atoms with E-state index in [-0.39, 0.29) is 29.3 Å². The summed E-state index contributed by atoms with van der Waals surface area (Å²) in [6, 6.07) is 0.527. The van der Waals surface area contributed by atoms with Gasteiger partial charge in [-0.2, -0.15) is 0 Å². The van der Waals surface area contributed by atoms with Crippen molar-refractivity contribution in [3.63, 3.8) is 0 Å². The fraction of sp³-hybridized carbons (Fsp3) is 0.923. The lowest BCUT2D eigenvalue weighted by Gasteiger charge is -2.32. The zero-order valence-corrected chi connectivity index (χ0v) is 12.2. The monoisotopic (exact) mass is 289 g/mol. The van der Waals surface area contributed by atoms with Crippen LogP contribution in [0.5, 0.6) is 0 Å². The Hall–Kier alpha value is -0.620. The second kappa shape index (κ2) is 6.22. The molecule has 0 radical (unpaired) electrons. The van der Waals surface area contributed by atoms with E-state index in [0.29, 0.717) is 25.4 Å². The molecule has 0 aromatic heterocycles. The Morgan fingerprint density at radius 1 is 1.26 bits per heavy atom. The molecule has 1 saturated heterocycles. The summed E-state index contributed by atoms with van der Waals surface area (Å²) < 4.78 is 27.8. The molecular formula is C13H23NO4S. The van der Waals surface area contributed by atoms with E-state index < -0.39 is 9.84 Å². The summed E-state index contributed by atoms with van der Waals surface area (Å²) in [6.45, 7) is 0.613. The van der Waals surface area contributed by atoms with Gasteiger partial charge >= 0.3 is 5.97 Å². The van der Waals surface area contributed by atoms with Gasteiger partial charge < -0.3 is 10.1 Å². The number of esters is 1. The molecule has 0 amide bonds. The van der Waals surface area contributed by atoms with Gasteiger partial charge in [-0.05, 0) is 31.6 Å². The van der Waals surface area contributed by atoms with E-state index in [1.807, 2.05) is 0 Å². The summed E-state index contributed by atoms with van der Waals surface area (Å²) in [5.41, 5.74) is 0. The maximum absolute atomic E-state index is 11.9. The van der Waals surface area contributed by atoms with Crippen molar-refractivity contribution < 1.29 is 17.9 Å². The number of carbonyl (C=O) groups excluding carboxylic acids is 1. The zero-order chi connectivity index (χ0) is 13.9. The smallest absolute Gasteiger partial charge is 0.310 e. The van der Waals surface area contributed by atoms with Crippen molar-refractivity contribution in [2.45, 2.75) is 38.1 Å². The quantitative estimate of drug-likeness (QED) is 0.756. The number of hydrogen-bond donors (Lipinski definition) is 1. The van der Waals surface area contributed by atoms with Gasteiger partial charge in [0.1, 0.15) is 9.84 Å². The maximum Gasteiger partial charge on any atom is 0.310 e. The number of rotatable bonds is 5. The molecule has 2 fully saturated rings. The molecule has 1 saturated carbocycles. The summed E-state index contributed by atoms with van der Waals surface area (Å²) in [4.78, 5) is 11.9. The molecule has 5 nitrogen and oxygen atoms in total. The Balaban J connectivity index is 1.90. The first-order chi connectivity index (χ1) is 9.02. The van der Waals surface area contributed by atoms with Crippen LogP contribution in [0.1, 0.15) is 32.1 Å². The Kier molecular flexibility index (Phi) is 4.84. The zero-order valence-electron chi connectivity index (χ0n) is 11.4. The molecular weight excluding hydrogens is 266 g/mol. The number of methoxy groups -OCH3 is 1. The fourth-order valence-corrected chi connectivity index (χ4v) is 4.34. The molecule has 1 N–H and O–H groups in total. The average molecular weight is 289 g/mol. The van der Waals surface area contributed by atoms with E-state index in [4.69, 9.17) is 4.74 Å². The molecule has 0 bridgehead atoms. The van der Waals surface area contributed by atoms with Crippen LogP contribution in [0.15, 0.2) is 0 Å². The summed E-state index contributed by atoms with van der Waals surface area (Å²) >= 11 is 0. The van der Waals surface area contributed by atoms with Crippen LogP contribution in [0.2, 0.25) is 0 Å². The van der Waals surface area contributed by atoms with Gasteiger partial charge in [0, 0.05) is 12.6 Å². The summed E-state index contributed by atoms with van der Waals surface area (Å²) in [6.07, 6.45) is 4.75. The molecule has 110 valence electrons. The van der Waals surface area contributed by atoms with Gasteiger partial charge in [-0.1, -0.05) is 6.42 Å². The lowest BCUT2D eigenvalue weighted by molar-refractivity contribution is -0.147. The third kappa shape index (κ3) is 3.92. The number of sulfone groups is 1. The third-order valence-electron chi connectivity index (χ3n) is 4.40. The van der Waals surface area contributed by atoms with Crippen LogP contribution in [0.3, 0.4) is 0 Å². The first-order valence-electron chi connectivity index (χ1n) is 7.03. The van der Waals surface area contributed by atoms with Crippen molar-refractivity contribution in [2.75, 3.05) is 25.2 Å². The highest BCUT2D eigenvalue weighted by atomic mass is 32.2. The molecule has 1 aliphatic heterocycles. The first kappa shape index (κ1) is 14.8. The summed E-state index contributed by atoms with van der Waals surface area (Å²) in [5.74, 6) is 0.115. The van der Waals surface area contributed by atoms with E-state index in [9.17, 15) is 13.2 Å². The Morgan fingerprint density at radius 2 is 1.89 bits per heavy atom. The lowest BCUT2D eigenvalue weighted by atomic mass is 9.86. The van der Waals surface area contributed by atoms with Crippen molar-refractivity contribution in [1.82, 2.24) is 5.32 Å². The number of ether oxygens (including phenoxy) is 1. The second-order valence-corrected chi connectivity index (χ2v) is 7.96. The average Bonchev–Trinajstić information content (AvgIpc) is 2.32. The largest absolute Gasteiger partial charge is 0.469 e. The van der Waals surface area contributed by atoms with E-state index >= 15 is 0 Å². The fourth-order valence-electron chi connectivity index (χ4n) is 2.81. The minimum Gasteiger partial charge on any atom is -0.469 e. The van der Waals surface area contributed by atoms with Gasteiger partial charge in [0.25, 0.3) is 0 Å². The van der Waals surface area contributed by atoms with E-state index in [1.165, 1.54) is 26.4 Å². The standard InChI is InChI=1S/C13H23NO4S/c1-18-13(15)12(9-14-11-3-2-4-11)10-5-7-19(16,17)8-6-10/h10-12,14H,2-9H2,1H3. The molecule has 6 heteroatoms. The van der Waals surface area contributed by atoms with E-state index in [0.717, 1.165) is 0 Å². The molecule has 1 heterocycles. The lowest BCUT2D eigenvalue weighted by Crippen LogP contribution is -2.44. The highest BCUT2D eigenvalue weighted by Gasteiger charge is 2.34. The Labute approximate surface area is 115 Å². The SMILES string of the molecule is COC(=O)C(CNC1CCC1)C1CCS(=O)(=O)CC1. The first-order valence-corrected chi connectivity index (χ1v) is 8.85. The van der Waals surface area contributed by atoms with Crippen LogP contribution in [0, 0.1) is 11.8 Å². The predicted molar refractivity (Wildman–Crippen MR) is 72.5 cm³/mol. The number of hydrogen-bond acceptors (Lipinski definition) is 5. The van der Waals surface area contributed by atoms with E-state index in [1.54, 1.807) is 0 Å². The molecule has 19 heavy (non-hydrogen) atoms. The van der Waals surface area contributed by atoms with Gasteiger partial charge in [0.15, 0.2) is 0 Å². The normalized spacial score (nSPS) is 25.5. The Morgan fingerprint density at radius 3 is 2.37 bits per heavy atom. The molecule has 1 unspecified atom stereocenters. The molecule has 1 atom stereocenters. The van der Waals surface area contributed by atoms with Crippen molar-refractivity contribution in [3.05, 3.63) is 0 Å². The van der Waals surface area contributed by atoms with Crippen molar-refractivity contribution >= 4 is 15.8 Å². The third-order valence-corrected chi connectivity index (χ3v) is 6.12. The van der Waals surface area contributed by atoms with E-state index in [2.05, 4.69) is 5.32 Å². The highest BCUT2D eigenvalue weighted by Crippen LogP contribution is 2.28. The topological polar surface area (TPSA) is 72.5 Å². The highest BCUT2D eigenvalue weighted by molar-refractivity contribution is 7.91. The molecule has 0 spiro atoms. The van der Waals surface area contributed by atoms with Gasteiger partial charge in [0.05, 0.1) is 24.5 Å². The van der Waals surface area contributed by atoms with Crippen LogP contribution < -0.4 is 5.32 Å². The van der Waals surface area contributed by atoms with Crippen LogP contribution in [0.25, 0.3) is 0 Å². The molecule has 2 rings (SSSR count). The molecule has 0 aromatic rings. The van der Waals surface area contributed by atoms with Crippen molar-refractivity contribution in [2.24, 2.45) is 11.8 Å². The van der Waals surface area contributed by atoms with Crippen LogP contribution in [0.4, 0.5) is 0 Å². The van der Waals surface area contributed by atoms with Crippen molar-refractivity contribution in [3.8, 4) is 0 Å². The van der Waals surface area contributed by atoms with Gasteiger partial charge in [-0.25, -0.2) is 8.42 Å². The molecule has 2 aliphatic rings. The van der Waals surface area contributed by atoms with Gasteiger partial charge in [0.2, 0.25) is 0 Å². The van der Waals surface area contributed by atoms with Crippen LogP contribution in [-0.2, 0) is 19.4 Å². The Bertz CT molecular complexity index is 402. The predicted octanol–water partition coefficient (Wildman–Crippen LogP) is 0.742. The molecule has 0 aromatic carbocycles. The van der Waals surface area contributed by atoms with Gasteiger partial charge in [-0.3, -0.25) is 4.79 Å². The second-order valence-electron chi connectivity index (χ2n) is 5.65. The minimum absolute atomic E-state index is 0.128. The minimum atomic E-state index is -2.88. The van der Waals surface area contributed by atoms with Crippen LogP contribution >= 0.6 is 0 Å².